The topological polar surface area (TPSA) is 56.7 Å². The van der Waals surface area contributed by atoms with Gasteiger partial charge in [-0.05, 0) is 44.1 Å². The molecule has 2 heterocycles. The Balaban J connectivity index is 2.16. The van der Waals surface area contributed by atoms with Crippen LogP contribution in [0.5, 0.6) is 0 Å². The van der Waals surface area contributed by atoms with Crippen LogP contribution in [0.2, 0.25) is 0 Å². The molecule has 0 radical (unpaired) electrons. The molecule has 4 heteroatoms. The van der Waals surface area contributed by atoms with Gasteiger partial charge in [-0.15, -0.1) is 0 Å². The average molecular weight is 300 g/mol. The number of pyridine rings is 1. The third-order valence-electron chi connectivity index (χ3n) is 4.76. The van der Waals surface area contributed by atoms with Gasteiger partial charge in [0.15, 0.2) is 5.82 Å². The summed E-state index contributed by atoms with van der Waals surface area (Å²) in [6, 6.07) is 0. The third-order valence-corrected chi connectivity index (χ3v) is 4.76. The van der Waals surface area contributed by atoms with Crippen molar-refractivity contribution in [1.29, 1.82) is 0 Å². The highest BCUT2D eigenvalue weighted by atomic mass is 15.1. The molecule has 0 saturated heterocycles. The number of imidazole rings is 1. The molecular weight excluding hydrogens is 272 g/mol. The lowest BCUT2D eigenvalue weighted by Gasteiger charge is -2.18. The van der Waals surface area contributed by atoms with E-state index >= 15 is 0 Å². The molecule has 4 nitrogen and oxygen atoms in total. The Morgan fingerprint density at radius 2 is 1.82 bits per heavy atom. The van der Waals surface area contributed by atoms with E-state index in [-0.39, 0.29) is 0 Å². The predicted octanol–water partition coefficient (Wildman–Crippen LogP) is 4.04. The fraction of sp³-hybridized carbons (Fsp3) is 0.667. The maximum absolute atomic E-state index is 6.23. The zero-order valence-electron chi connectivity index (χ0n) is 14.0. The van der Waals surface area contributed by atoms with Crippen molar-refractivity contribution < 1.29 is 0 Å². The van der Waals surface area contributed by atoms with Crippen LogP contribution >= 0.6 is 0 Å². The number of aromatic nitrogens is 3. The van der Waals surface area contributed by atoms with Gasteiger partial charge in [-0.3, -0.25) is 0 Å². The molecule has 2 N–H and O–H groups in total. The molecule has 1 aliphatic rings. The smallest absolute Gasteiger partial charge is 0.151 e. The summed E-state index contributed by atoms with van der Waals surface area (Å²) in [6.45, 7) is 5.54. The van der Waals surface area contributed by atoms with Crippen LogP contribution in [0.25, 0.3) is 11.0 Å². The van der Waals surface area contributed by atoms with E-state index in [1.54, 1.807) is 0 Å². The standard InChI is InChI=1S/C18H28N4/c1-3-5-11-15-21-16-17(22(15)12-6-4-2)13-9-7-8-10-14(13)20-18(16)19/h3-12H2,1-2H3,(H2,19,20). The van der Waals surface area contributed by atoms with Gasteiger partial charge in [0.05, 0.1) is 5.52 Å². The fourth-order valence-electron chi connectivity index (χ4n) is 3.53. The summed E-state index contributed by atoms with van der Waals surface area (Å²) in [7, 11) is 0. The first kappa shape index (κ1) is 15.3. The number of aryl methyl sites for hydroxylation is 4. The zero-order chi connectivity index (χ0) is 15.5. The lowest BCUT2D eigenvalue weighted by molar-refractivity contribution is 0.599. The quantitative estimate of drug-likeness (QED) is 0.876. The van der Waals surface area contributed by atoms with Crippen molar-refractivity contribution in [3.63, 3.8) is 0 Å². The minimum absolute atomic E-state index is 0.628. The molecule has 0 aromatic carbocycles. The Hall–Kier alpha value is -1.58. The summed E-state index contributed by atoms with van der Waals surface area (Å²) in [5.74, 6) is 1.83. The minimum atomic E-state index is 0.628. The molecular formula is C18H28N4. The van der Waals surface area contributed by atoms with Crippen molar-refractivity contribution in [2.75, 3.05) is 5.73 Å². The molecule has 0 fully saturated rings. The van der Waals surface area contributed by atoms with E-state index in [2.05, 4.69) is 23.4 Å². The second-order valence-corrected chi connectivity index (χ2v) is 6.46. The Morgan fingerprint density at radius 3 is 2.59 bits per heavy atom. The van der Waals surface area contributed by atoms with Crippen molar-refractivity contribution in [3.05, 3.63) is 17.1 Å². The Labute approximate surface area is 133 Å². The van der Waals surface area contributed by atoms with Gasteiger partial charge in [-0.2, -0.15) is 0 Å². The Morgan fingerprint density at radius 1 is 1.05 bits per heavy atom. The molecule has 1 aliphatic carbocycles. The summed E-state index contributed by atoms with van der Waals surface area (Å²) >= 11 is 0. The summed E-state index contributed by atoms with van der Waals surface area (Å²) < 4.78 is 2.46. The summed E-state index contributed by atoms with van der Waals surface area (Å²) in [5.41, 5.74) is 11.1. The number of hydrogen-bond donors (Lipinski definition) is 1. The van der Waals surface area contributed by atoms with Gasteiger partial charge in [0, 0.05) is 18.7 Å². The second-order valence-electron chi connectivity index (χ2n) is 6.46. The molecule has 0 atom stereocenters. The van der Waals surface area contributed by atoms with Crippen molar-refractivity contribution >= 4 is 16.9 Å². The number of fused-ring (bicyclic) bond motifs is 3. The number of unbranched alkanes of at least 4 members (excludes halogenated alkanes) is 2. The van der Waals surface area contributed by atoms with E-state index in [1.165, 1.54) is 61.1 Å². The van der Waals surface area contributed by atoms with Crippen LogP contribution < -0.4 is 5.73 Å². The SMILES string of the molecule is CCCCc1nc2c(N)nc3c(c2n1CCCC)CCCC3. The number of hydrogen-bond acceptors (Lipinski definition) is 3. The number of anilines is 1. The largest absolute Gasteiger partial charge is 0.382 e. The van der Waals surface area contributed by atoms with Crippen molar-refractivity contribution in [1.82, 2.24) is 14.5 Å². The van der Waals surface area contributed by atoms with Crippen molar-refractivity contribution in [2.24, 2.45) is 0 Å². The molecule has 2 aromatic heterocycles. The van der Waals surface area contributed by atoms with Crippen LogP contribution in [0, 0.1) is 0 Å². The van der Waals surface area contributed by atoms with Crippen LogP contribution in [0.3, 0.4) is 0 Å². The van der Waals surface area contributed by atoms with Crippen molar-refractivity contribution in [2.45, 2.75) is 78.2 Å². The van der Waals surface area contributed by atoms with E-state index in [9.17, 15) is 0 Å². The average Bonchev–Trinajstić information content (AvgIpc) is 2.90. The summed E-state index contributed by atoms with van der Waals surface area (Å²) in [6.07, 6.45) is 10.5. The lowest BCUT2D eigenvalue weighted by Crippen LogP contribution is -2.11. The molecule has 0 spiro atoms. The summed E-state index contributed by atoms with van der Waals surface area (Å²) in [5, 5.41) is 0. The van der Waals surface area contributed by atoms with Gasteiger partial charge in [0.2, 0.25) is 0 Å². The molecule has 0 saturated carbocycles. The van der Waals surface area contributed by atoms with Gasteiger partial charge >= 0.3 is 0 Å². The van der Waals surface area contributed by atoms with Crippen LogP contribution in [-0.2, 0) is 25.8 Å². The maximum Gasteiger partial charge on any atom is 0.151 e. The van der Waals surface area contributed by atoms with Gasteiger partial charge in [0.1, 0.15) is 11.3 Å². The Kier molecular flexibility index (Phi) is 4.65. The van der Waals surface area contributed by atoms with Gasteiger partial charge < -0.3 is 10.3 Å². The summed E-state index contributed by atoms with van der Waals surface area (Å²) in [4.78, 5) is 9.55. The third kappa shape index (κ3) is 2.71. The predicted molar refractivity (Wildman–Crippen MR) is 92.1 cm³/mol. The second kappa shape index (κ2) is 6.67. The van der Waals surface area contributed by atoms with Gasteiger partial charge in [-0.25, -0.2) is 9.97 Å². The monoisotopic (exact) mass is 300 g/mol. The number of nitrogen functional groups attached to an aromatic ring is 1. The normalized spacial score (nSPS) is 14.5. The van der Waals surface area contributed by atoms with E-state index in [0.717, 1.165) is 31.3 Å². The maximum atomic E-state index is 6.23. The van der Waals surface area contributed by atoms with E-state index in [0.29, 0.717) is 5.82 Å². The highest BCUT2D eigenvalue weighted by Crippen LogP contribution is 2.32. The molecule has 0 aliphatic heterocycles. The molecule has 3 rings (SSSR count). The number of nitrogens with two attached hydrogens (primary N) is 1. The van der Waals surface area contributed by atoms with E-state index in [1.807, 2.05) is 0 Å². The lowest BCUT2D eigenvalue weighted by atomic mass is 9.95. The van der Waals surface area contributed by atoms with Crippen LogP contribution in [0.4, 0.5) is 5.82 Å². The van der Waals surface area contributed by atoms with Crippen LogP contribution in [0.1, 0.15) is 69.5 Å². The fourth-order valence-corrected chi connectivity index (χ4v) is 3.53. The molecule has 0 unspecified atom stereocenters. The van der Waals surface area contributed by atoms with Crippen LogP contribution in [0.15, 0.2) is 0 Å². The van der Waals surface area contributed by atoms with E-state index < -0.39 is 0 Å². The minimum Gasteiger partial charge on any atom is -0.382 e. The number of nitrogens with zero attached hydrogens (tertiary/aromatic N) is 3. The zero-order valence-corrected chi connectivity index (χ0v) is 14.0. The molecule has 0 amide bonds. The molecule has 120 valence electrons. The first-order chi connectivity index (χ1) is 10.8. The van der Waals surface area contributed by atoms with Crippen molar-refractivity contribution in [3.8, 4) is 0 Å². The molecule has 0 bridgehead atoms. The van der Waals surface area contributed by atoms with Gasteiger partial charge in [0.25, 0.3) is 0 Å². The first-order valence-electron chi connectivity index (χ1n) is 8.92. The van der Waals surface area contributed by atoms with Gasteiger partial charge in [-0.1, -0.05) is 26.7 Å². The molecule has 2 aromatic rings. The highest BCUT2D eigenvalue weighted by Gasteiger charge is 2.22. The molecule has 22 heavy (non-hydrogen) atoms. The van der Waals surface area contributed by atoms with E-state index in [4.69, 9.17) is 10.7 Å². The Bertz CT molecular complexity index is 657. The number of rotatable bonds is 6. The van der Waals surface area contributed by atoms with Crippen LogP contribution in [-0.4, -0.2) is 14.5 Å². The first-order valence-corrected chi connectivity index (χ1v) is 8.92. The highest BCUT2D eigenvalue weighted by molar-refractivity contribution is 5.89.